The molecule has 124 valence electrons. The molecule has 0 aliphatic carbocycles. The number of nitrogens with one attached hydrogen (secondary N) is 2. The molecule has 3 nitrogen and oxygen atoms in total. The molecule has 2 heterocycles. The van der Waals surface area contributed by atoms with Crippen molar-refractivity contribution in [3.05, 3.63) is 63.3 Å². The molecule has 1 aliphatic heterocycles. The van der Waals surface area contributed by atoms with E-state index in [2.05, 4.69) is 48.4 Å². The van der Waals surface area contributed by atoms with Crippen LogP contribution in [0.25, 0.3) is 10.9 Å². The number of methoxy groups -OCH3 is 1. The van der Waals surface area contributed by atoms with Gasteiger partial charge in [-0.2, -0.15) is 0 Å². The van der Waals surface area contributed by atoms with E-state index in [-0.39, 0.29) is 6.04 Å². The van der Waals surface area contributed by atoms with Crippen LogP contribution in [0.15, 0.2) is 30.3 Å². The van der Waals surface area contributed by atoms with Gasteiger partial charge in [0.15, 0.2) is 0 Å². The van der Waals surface area contributed by atoms with E-state index in [0.29, 0.717) is 0 Å². The zero-order valence-corrected chi connectivity index (χ0v) is 14.9. The van der Waals surface area contributed by atoms with E-state index in [1.54, 1.807) is 7.11 Å². The van der Waals surface area contributed by atoms with Gasteiger partial charge in [0.25, 0.3) is 0 Å². The normalized spacial score (nSPS) is 17.1. The lowest BCUT2D eigenvalue weighted by Crippen LogP contribution is -2.30. The second-order valence-corrected chi connectivity index (χ2v) is 6.96. The van der Waals surface area contributed by atoms with Crippen LogP contribution in [-0.4, -0.2) is 18.6 Å². The highest BCUT2D eigenvalue weighted by atomic mass is 35.5. The fourth-order valence-electron chi connectivity index (χ4n) is 3.68. The number of benzene rings is 2. The molecule has 0 saturated heterocycles. The van der Waals surface area contributed by atoms with E-state index in [0.717, 1.165) is 29.3 Å². The molecular weight excluding hydrogens is 320 g/mol. The van der Waals surface area contributed by atoms with E-state index in [1.807, 2.05) is 6.07 Å². The summed E-state index contributed by atoms with van der Waals surface area (Å²) in [5.74, 6) is 0.931. The number of aryl methyl sites for hydroxylation is 2. The first-order chi connectivity index (χ1) is 11.6. The molecule has 1 aliphatic rings. The van der Waals surface area contributed by atoms with Crippen molar-refractivity contribution < 1.29 is 4.74 Å². The number of hydrogen-bond acceptors (Lipinski definition) is 2. The average Bonchev–Trinajstić information content (AvgIpc) is 2.95. The van der Waals surface area contributed by atoms with Gasteiger partial charge in [-0.05, 0) is 61.2 Å². The van der Waals surface area contributed by atoms with Crippen molar-refractivity contribution in [1.29, 1.82) is 0 Å². The first kappa shape index (κ1) is 15.6. The van der Waals surface area contributed by atoms with Crippen molar-refractivity contribution in [2.45, 2.75) is 26.3 Å². The Morgan fingerprint density at radius 2 is 1.92 bits per heavy atom. The third-order valence-corrected chi connectivity index (χ3v) is 5.31. The highest BCUT2D eigenvalue weighted by molar-refractivity contribution is 6.31. The third-order valence-electron chi connectivity index (χ3n) is 5.07. The third kappa shape index (κ3) is 2.40. The average molecular weight is 341 g/mol. The summed E-state index contributed by atoms with van der Waals surface area (Å²) in [7, 11) is 1.74. The quantitative estimate of drug-likeness (QED) is 0.710. The molecule has 4 heteroatoms. The topological polar surface area (TPSA) is 37.0 Å². The number of fused-ring (bicyclic) bond motifs is 3. The number of halogens is 1. The van der Waals surface area contributed by atoms with E-state index in [1.165, 1.54) is 33.3 Å². The van der Waals surface area contributed by atoms with Gasteiger partial charge in [0, 0.05) is 33.7 Å². The summed E-state index contributed by atoms with van der Waals surface area (Å²) in [5, 5.41) is 5.65. The predicted octanol–water partition coefficient (Wildman–Crippen LogP) is 4.68. The number of aromatic amines is 1. The molecule has 4 rings (SSSR count). The maximum atomic E-state index is 6.21. The summed E-state index contributed by atoms with van der Waals surface area (Å²) in [5.41, 5.74) is 7.42. The van der Waals surface area contributed by atoms with Gasteiger partial charge in [0.1, 0.15) is 5.75 Å². The van der Waals surface area contributed by atoms with E-state index >= 15 is 0 Å². The van der Waals surface area contributed by atoms with Crippen LogP contribution < -0.4 is 10.1 Å². The molecule has 24 heavy (non-hydrogen) atoms. The van der Waals surface area contributed by atoms with Crippen molar-refractivity contribution in [2.75, 3.05) is 13.7 Å². The standard InChI is InChI=1S/C20H21ClN2O/c1-11-8-16(18(24-3)9-12(11)2)19-20-14(6-7-22-19)15-10-13(21)4-5-17(15)23-20/h4-5,8-10,19,22-23H,6-7H2,1-3H3. The van der Waals surface area contributed by atoms with Gasteiger partial charge in [-0.3, -0.25) is 0 Å². The predicted molar refractivity (Wildman–Crippen MR) is 99.3 cm³/mol. The number of rotatable bonds is 2. The second-order valence-electron chi connectivity index (χ2n) is 6.52. The van der Waals surface area contributed by atoms with Crippen molar-refractivity contribution in [1.82, 2.24) is 10.3 Å². The van der Waals surface area contributed by atoms with Crippen molar-refractivity contribution in [3.63, 3.8) is 0 Å². The lowest BCUT2D eigenvalue weighted by Gasteiger charge is -2.27. The molecule has 0 amide bonds. The molecule has 1 aromatic heterocycles. The van der Waals surface area contributed by atoms with E-state index < -0.39 is 0 Å². The number of ether oxygens (including phenoxy) is 1. The molecule has 2 N–H and O–H groups in total. The van der Waals surface area contributed by atoms with Gasteiger partial charge in [0.05, 0.1) is 13.2 Å². The molecule has 1 atom stereocenters. The van der Waals surface area contributed by atoms with Gasteiger partial charge in [-0.1, -0.05) is 17.7 Å². The Kier molecular flexibility index (Phi) is 3.78. The minimum Gasteiger partial charge on any atom is -0.496 e. The van der Waals surface area contributed by atoms with Gasteiger partial charge < -0.3 is 15.0 Å². The van der Waals surface area contributed by atoms with Gasteiger partial charge in [-0.25, -0.2) is 0 Å². The summed E-state index contributed by atoms with van der Waals surface area (Å²) < 4.78 is 5.67. The van der Waals surface area contributed by atoms with E-state index in [4.69, 9.17) is 16.3 Å². The van der Waals surface area contributed by atoms with Crippen LogP contribution in [0.3, 0.4) is 0 Å². The Bertz CT molecular complexity index is 929. The fraction of sp³-hybridized carbons (Fsp3) is 0.300. The smallest absolute Gasteiger partial charge is 0.124 e. The molecule has 0 fully saturated rings. The molecular formula is C20H21ClN2O. The Hall–Kier alpha value is -1.97. The maximum absolute atomic E-state index is 6.21. The number of aromatic nitrogens is 1. The maximum Gasteiger partial charge on any atom is 0.124 e. The summed E-state index contributed by atoms with van der Waals surface area (Å²) in [6.45, 7) is 5.20. The Morgan fingerprint density at radius 3 is 2.71 bits per heavy atom. The second kappa shape index (κ2) is 5.83. The Labute approximate surface area is 147 Å². The van der Waals surface area contributed by atoms with Gasteiger partial charge in [-0.15, -0.1) is 0 Å². The number of H-pyrrole nitrogens is 1. The SMILES string of the molecule is COc1cc(C)c(C)cc1C1NCCc2c1[nH]c1ccc(Cl)cc21. The lowest BCUT2D eigenvalue weighted by molar-refractivity contribution is 0.401. The van der Waals surface area contributed by atoms with Crippen LogP contribution in [0.5, 0.6) is 5.75 Å². The van der Waals surface area contributed by atoms with Crippen LogP contribution >= 0.6 is 11.6 Å². The zero-order chi connectivity index (χ0) is 16.8. The van der Waals surface area contributed by atoms with Crippen LogP contribution in [0.4, 0.5) is 0 Å². The molecule has 1 unspecified atom stereocenters. The highest BCUT2D eigenvalue weighted by Gasteiger charge is 2.27. The Morgan fingerprint density at radius 1 is 1.12 bits per heavy atom. The molecule has 0 spiro atoms. The molecule has 3 aromatic rings. The summed E-state index contributed by atoms with van der Waals surface area (Å²) in [4.78, 5) is 3.60. The fourth-order valence-corrected chi connectivity index (χ4v) is 3.85. The summed E-state index contributed by atoms with van der Waals surface area (Å²) in [6.07, 6.45) is 0.999. The Balaban J connectivity index is 1.91. The van der Waals surface area contributed by atoms with Crippen LogP contribution in [0.2, 0.25) is 5.02 Å². The highest BCUT2D eigenvalue weighted by Crippen LogP contribution is 2.38. The van der Waals surface area contributed by atoms with Gasteiger partial charge >= 0.3 is 0 Å². The van der Waals surface area contributed by atoms with Crippen LogP contribution in [0.1, 0.15) is 34.0 Å². The molecule has 0 bridgehead atoms. The van der Waals surface area contributed by atoms with Crippen molar-refractivity contribution >= 4 is 22.5 Å². The van der Waals surface area contributed by atoms with Crippen LogP contribution in [0, 0.1) is 13.8 Å². The van der Waals surface area contributed by atoms with Crippen LogP contribution in [-0.2, 0) is 6.42 Å². The first-order valence-electron chi connectivity index (χ1n) is 8.27. The molecule has 0 saturated carbocycles. The van der Waals surface area contributed by atoms with Crippen molar-refractivity contribution in [3.8, 4) is 5.75 Å². The van der Waals surface area contributed by atoms with Crippen molar-refractivity contribution in [2.24, 2.45) is 0 Å². The number of hydrogen-bond donors (Lipinski definition) is 2. The first-order valence-corrected chi connectivity index (χ1v) is 8.65. The molecule has 2 aromatic carbocycles. The minimum atomic E-state index is 0.106. The largest absolute Gasteiger partial charge is 0.496 e. The monoisotopic (exact) mass is 340 g/mol. The zero-order valence-electron chi connectivity index (χ0n) is 14.2. The lowest BCUT2D eigenvalue weighted by atomic mass is 9.92. The minimum absolute atomic E-state index is 0.106. The summed E-state index contributed by atoms with van der Waals surface area (Å²) >= 11 is 6.21. The molecule has 0 radical (unpaired) electrons. The summed E-state index contributed by atoms with van der Waals surface area (Å²) in [6, 6.07) is 10.5. The van der Waals surface area contributed by atoms with Gasteiger partial charge in [0.2, 0.25) is 0 Å². The van der Waals surface area contributed by atoms with E-state index in [9.17, 15) is 0 Å².